The molecule has 1 heterocycles. The quantitative estimate of drug-likeness (QED) is 0.836. The zero-order chi connectivity index (χ0) is 13.8. The van der Waals surface area contributed by atoms with E-state index in [1.165, 1.54) is 6.26 Å². The maximum Gasteiger partial charge on any atom is 0.149 e. The Bertz CT molecular complexity index is 471. The van der Waals surface area contributed by atoms with Crippen LogP contribution >= 0.6 is 0 Å². The first-order valence-corrected chi connectivity index (χ1v) is 7.92. The molecule has 0 unspecified atom stereocenters. The van der Waals surface area contributed by atoms with Crippen molar-refractivity contribution in [2.24, 2.45) is 0 Å². The maximum absolute atomic E-state index is 11.1. The molecular weight excluding hydrogens is 252 g/mol. The van der Waals surface area contributed by atoms with E-state index in [9.17, 15) is 13.5 Å². The van der Waals surface area contributed by atoms with Crippen LogP contribution in [-0.2, 0) is 9.84 Å². The smallest absolute Gasteiger partial charge is 0.149 e. The van der Waals surface area contributed by atoms with Gasteiger partial charge >= 0.3 is 0 Å². The molecule has 0 spiro atoms. The van der Waals surface area contributed by atoms with Crippen molar-refractivity contribution >= 4 is 15.5 Å². The van der Waals surface area contributed by atoms with Gasteiger partial charge in [0.25, 0.3) is 0 Å². The summed E-state index contributed by atoms with van der Waals surface area (Å²) in [7, 11) is -1.14. The van der Waals surface area contributed by atoms with Crippen LogP contribution in [0.1, 0.15) is 25.1 Å². The summed E-state index contributed by atoms with van der Waals surface area (Å²) in [5.74, 6) is 0.114. The van der Waals surface area contributed by atoms with Gasteiger partial charge in [0.15, 0.2) is 0 Å². The number of rotatable bonds is 6. The minimum Gasteiger partial charge on any atom is -0.387 e. The van der Waals surface area contributed by atoms with Crippen molar-refractivity contribution in [3.63, 3.8) is 0 Å². The third-order valence-corrected chi connectivity index (χ3v) is 3.66. The fourth-order valence-electron chi connectivity index (χ4n) is 1.46. The van der Waals surface area contributed by atoms with Crippen molar-refractivity contribution in [3.8, 4) is 0 Å². The van der Waals surface area contributed by atoms with Crippen molar-refractivity contribution in [3.05, 3.63) is 24.0 Å². The van der Waals surface area contributed by atoms with Gasteiger partial charge < -0.3 is 10.0 Å². The number of pyridine rings is 1. The second kappa shape index (κ2) is 6.15. The van der Waals surface area contributed by atoms with E-state index in [-0.39, 0.29) is 5.75 Å². The average Bonchev–Trinajstić information content (AvgIpc) is 2.34. The predicted molar refractivity (Wildman–Crippen MR) is 72.5 cm³/mol. The Morgan fingerprint density at radius 1 is 1.44 bits per heavy atom. The number of aliphatic hydroxyl groups excluding tert-OH is 1. The van der Waals surface area contributed by atoms with Crippen molar-refractivity contribution in [2.45, 2.75) is 19.4 Å². The molecule has 0 radical (unpaired) electrons. The maximum atomic E-state index is 11.1. The fraction of sp³-hybridized carbons (Fsp3) is 0.583. The van der Waals surface area contributed by atoms with Gasteiger partial charge in [-0.15, -0.1) is 0 Å². The molecule has 0 fully saturated rings. The van der Waals surface area contributed by atoms with Gasteiger partial charge in [-0.2, -0.15) is 0 Å². The highest BCUT2D eigenvalue weighted by atomic mass is 32.2. The zero-order valence-corrected chi connectivity index (χ0v) is 11.8. The molecular formula is C12H20N2O3S. The van der Waals surface area contributed by atoms with E-state index in [0.717, 1.165) is 5.69 Å². The van der Waals surface area contributed by atoms with E-state index >= 15 is 0 Å². The summed E-state index contributed by atoms with van der Waals surface area (Å²) in [6.07, 6.45) is 2.95. The minimum atomic E-state index is -2.95. The normalized spacial score (nSPS) is 13.3. The Labute approximate surface area is 108 Å². The summed E-state index contributed by atoms with van der Waals surface area (Å²) < 4.78 is 22.1. The number of aliphatic hydroxyl groups is 1. The molecule has 6 heteroatoms. The van der Waals surface area contributed by atoms with Crippen molar-refractivity contribution < 1.29 is 13.5 Å². The minimum absolute atomic E-state index is 0.114. The summed E-state index contributed by atoms with van der Waals surface area (Å²) >= 11 is 0. The van der Waals surface area contributed by atoms with Crippen LogP contribution in [0.15, 0.2) is 18.3 Å². The molecule has 1 atom stereocenters. The summed E-state index contributed by atoms with van der Waals surface area (Å²) in [4.78, 5) is 6.00. The van der Waals surface area contributed by atoms with Crippen LogP contribution in [0, 0.1) is 0 Å². The molecule has 5 nitrogen and oxygen atoms in total. The highest BCUT2D eigenvalue weighted by Crippen LogP contribution is 2.17. The average molecular weight is 272 g/mol. The molecule has 0 aromatic carbocycles. The summed E-state index contributed by atoms with van der Waals surface area (Å²) in [5, 5.41) is 9.61. The largest absolute Gasteiger partial charge is 0.387 e. The van der Waals surface area contributed by atoms with E-state index in [4.69, 9.17) is 0 Å². The third kappa shape index (κ3) is 4.62. The highest BCUT2D eigenvalue weighted by molar-refractivity contribution is 7.90. The van der Waals surface area contributed by atoms with E-state index in [0.29, 0.717) is 18.7 Å². The Kier molecular flexibility index (Phi) is 5.10. The van der Waals surface area contributed by atoms with E-state index in [1.807, 2.05) is 24.9 Å². The molecule has 0 aliphatic rings. The molecule has 102 valence electrons. The molecule has 1 rings (SSSR count). The lowest BCUT2D eigenvalue weighted by Gasteiger charge is -2.19. The number of hydrogen-bond acceptors (Lipinski definition) is 5. The van der Waals surface area contributed by atoms with Crippen LogP contribution in [-0.4, -0.2) is 44.1 Å². The van der Waals surface area contributed by atoms with E-state index < -0.39 is 15.9 Å². The molecule has 0 aliphatic heterocycles. The van der Waals surface area contributed by atoms with Crippen molar-refractivity contribution in [1.82, 2.24) is 4.98 Å². The van der Waals surface area contributed by atoms with Crippen molar-refractivity contribution in [1.29, 1.82) is 0 Å². The van der Waals surface area contributed by atoms with Gasteiger partial charge in [-0.25, -0.2) is 8.42 Å². The Balaban J connectivity index is 2.67. The zero-order valence-electron chi connectivity index (χ0n) is 11.0. The number of nitrogens with zero attached hydrogens (tertiary/aromatic N) is 2. The van der Waals surface area contributed by atoms with Crippen LogP contribution in [0.2, 0.25) is 0 Å². The van der Waals surface area contributed by atoms with Crippen LogP contribution in [0.5, 0.6) is 0 Å². The van der Waals surface area contributed by atoms with Gasteiger partial charge in [0.2, 0.25) is 0 Å². The summed E-state index contributed by atoms with van der Waals surface area (Å²) in [5.41, 5.74) is 1.48. The Morgan fingerprint density at radius 2 is 2.11 bits per heavy atom. The topological polar surface area (TPSA) is 70.5 Å². The Morgan fingerprint density at radius 3 is 2.56 bits per heavy atom. The van der Waals surface area contributed by atoms with Crippen LogP contribution < -0.4 is 4.90 Å². The summed E-state index contributed by atoms with van der Waals surface area (Å²) in [6.45, 7) is 2.31. The molecule has 1 aromatic rings. The molecule has 0 saturated heterocycles. The first-order chi connectivity index (χ1) is 8.33. The van der Waals surface area contributed by atoms with E-state index in [1.54, 1.807) is 12.3 Å². The number of aromatic nitrogens is 1. The molecule has 1 aromatic heterocycles. The van der Waals surface area contributed by atoms with Gasteiger partial charge in [-0.3, -0.25) is 4.98 Å². The standard InChI is InChI=1S/C12H20N2O3S/c1-4-12(15)11-6-5-10(9-13-11)14(2)7-8-18(3,16)17/h5-6,9,12,15H,4,7-8H2,1-3H3/t12-/m1/s1. The van der Waals surface area contributed by atoms with Gasteiger partial charge in [-0.05, 0) is 18.6 Å². The molecule has 18 heavy (non-hydrogen) atoms. The second-order valence-electron chi connectivity index (χ2n) is 4.42. The molecule has 0 aliphatic carbocycles. The van der Waals surface area contributed by atoms with Gasteiger partial charge in [-0.1, -0.05) is 6.92 Å². The van der Waals surface area contributed by atoms with Crippen molar-refractivity contribution in [2.75, 3.05) is 30.5 Å². The molecule has 0 amide bonds. The fourth-order valence-corrected chi connectivity index (χ4v) is 2.07. The number of hydrogen-bond donors (Lipinski definition) is 1. The Hall–Kier alpha value is -1.14. The van der Waals surface area contributed by atoms with E-state index in [2.05, 4.69) is 4.98 Å². The molecule has 0 bridgehead atoms. The monoisotopic (exact) mass is 272 g/mol. The SMILES string of the molecule is CC[C@@H](O)c1ccc(N(C)CCS(C)(=O)=O)cn1. The number of anilines is 1. The lowest BCUT2D eigenvalue weighted by Crippen LogP contribution is -2.25. The molecule has 0 saturated carbocycles. The lowest BCUT2D eigenvalue weighted by atomic mass is 10.2. The summed E-state index contributed by atoms with van der Waals surface area (Å²) in [6, 6.07) is 3.60. The lowest BCUT2D eigenvalue weighted by molar-refractivity contribution is 0.169. The second-order valence-corrected chi connectivity index (χ2v) is 6.68. The van der Waals surface area contributed by atoms with Gasteiger partial charge in [0, 0.05) is 19.8 Å². The van der Waals surface area contributed by atoms with Gasteiger partial charge in [0.1, 0.15) is 9.84 Å². The number of sulfone groups is 1. The van der Waals surface area contributed by atoms with Gasteiger partial charge in [0.05, 0.1) is 29.4 Å². The van der Waals surface area contributed by atoms with Crippen LogP contribution in [0.25, 0.3) is 0 Å². The predicted octanol–water partition coefficient (Wildman–Crippen LogP) is 1.01. The molecule has 1 N–H and O–H groups in total. The first kappa shape index (κ1) is 14.9. The van der Waals surface area contributed by atoms with Crippen LogP contribution in [0.3, 0.4) is 0 Å². The third-order valence-electron chi connectivity index (χ3n) is 2.74. The first-order valence-electron chi connectivity index (χ1n) is 5.86. The highest BCUT2D eigenvalue weighted by Gasteiger charge is 2.09. The van der Waals surface area contributed by atoms with Crippen LogP contribution in [0.4, 0.5) is 5.69 Å².